The summed E-state index contributed by atoms with van der Waals surface area (Å²) in [5, 5.41) is 0. The minimum atomic E-state index is -4.46. The maximum atomic E-state index is 13.0. The largest absolute Gasteiger partial charge is 0.452 e. The number of hydrogen-bond donors (Lipinski definition) is 0. The summed E-state index contributed by atoms with van der Waals surface area (Å²) in [4.78, 5) is 10.3. The zero-order valence-electron chi connectivity index (χ0n) is 12.2. The molecule has 2 aromatic rings. The highest BCUT2D eigenvalue weighted by molar-refractivity contribution is 6.13. The van der Waals surface area contributed by atoms with E-state index in [1.54, 1.807) is 4.90 Å². The number of nitrogens with zero attached hydrogens (tertiary/aromatic N) is 3. The highest BCUT2D eigenvalue weighted by Gasteiger charge is 2.36. The van der Waals surface area contributed by atoms with Gasteiger partial charge in [0.15, 0.2) is 11.6 Å². The highest BCUT2D eigenvalue weighted by Crippen LogP contribution is 2.42. The first-order chi connectivity index (χ1) is 10.9. The minimum Gasteiger partial charge on any atom is -0.452 e. The number of aryl methyl sites for hydroxylation is 1. The van der Waals surface area contributed by atoms with Gasteiger partial charge in [0, 0.05) is 12.7 Å². The second-order valence-electron chi connectivity index (χ2n) is 5.45. The lowest BCUT2D eigenvalue weighted by Gasteiger charge is -2.18. The molecule has 1 aromatic carbocycles. The van der Waals surface area contributed by atoms with Crippen molar-refractivity contribution in [3.63, 3.8) is 0 Å². The third kappa shape index (κ3) is 2.15. The van der Waals surface area contributed by atoms with Crippen molar-refractivity contribution in [2.24, 2.45) is 4.99 Å². The van der Waals surface area contributed by atoms with Gasteiger partial charge in [0.05, 0.1) is 17.7 Å². The van der Waals surface area contributed by atoms with E-state index < -0.39 is 11.7 Å². The number of para-hydroxylation sites is 1. The average molecular weight is 319 g/mol. The van der Waals surface area contributed by atoms with Gasteiger partial charge in [0.2, 0.25) is 0 Å². The summed E-state index contributed by atoms with van der Waals surface area (Å²) < 4.78 is 44.7. The quantitative estimate of drug-likeness (QED) is 0.741. The van der Waals surface area contributed by atoms with Crippen molar-refractivity contribution < 1.29 is 17.9 Å². The van der Waals surface area contributed by atoms with Gasteiger partial charge in [-0.3, -0.25) is 4.99 Å². The number of alkyl halides is 3. The fourth-order valence-corrected chi connectivity index (χ4v) is 2.83. The molecule has 2 aliphatic rings. The molecule has 0 aliphatic carbocycles. The van der Waals surface area contributed by atoms with E-state index in [1.807, 2.05) is 25.1 Å². The molecule has 0 fully saturated rings. The number of fused-ring (bicyclic) bond motifs is 5. The Hall–Kier alpha value is -2.57. The van der Waals surface area contributed by atoms with Crippen LogP contribution in [0.3, 0.4) is 0 Å². The molecule has 0 saturated heterocycles. The van der Waals surface area contributed by atoms with Crippen LogP contribution < -0.4 is 9.64 Å². The van der Waals surface area contributed by atoms with E-state index in [1.165, 1.54) is 0 Å². The molecule has 4 rings (SSSR count). The molecule has 1 aromatic heterocycles. The molecule has 0 bridgehead atoms. The van der Waals surface area contributed by atoms with Crippen molar-refractivity contribution in [3.8, 4) is 11.5 Å². The molecule has 0 amide bonds. The van der Waals surface area contributed by atoms with Crippen LogP contribution in [0.2, 0.25) is 0 Å². The number of amidine groups is 1. The lowest BCUT2D eigenvalue weighted by molar-refractivity contribution is -0.137. The SMILES string of the molecule is Cc1cccc2c1Oc1cc(C(F)(F)F)cnc1N1CCN=C21. The molecule has 0 N–H and O–H groups in total. The number of ether oxygens (including phenoxy) is 1. The van der Waals surface area contributed by atoms with Gasteiger partial charge in [-0.25, -0.2) is 4.98 Å². The number of aliphatic imine (C=N–C) groups is 1. The summed E-state index contributed by atoms with van der Waals surface area (Å²) in [5.41, 5.74) is 0.780. The maximum absolute atomic E-state index is 13.0. The van der Waals surface area contributed by atoms with E-state index in [-0.39, 0.29) is 5.75 Å². The van der Waals surface area contributed by atoms with E-state index in [4.69, 9.17) is 4.74 Å². The van der Waals surface area contributed by atoms with Crippen LogP contribution in [-0.2, 0) is 6.18 Å². The fourth-order valence-electron chi connectivity index (χ4n) is 2.83. The summed E-state index contributed by atoms with van der Waals surface area (Å²) in [6.45, 7) is 2.99. The molecule has 0 saturated carbocycles. The first-order valence-corrected chi connectivity index (χ1v) is 7.12. The number of hydrogen-bond acceptors (Lipinski definition) is 4. The zero-order chi connectivity index (χ0) is 16.2. The van der Waals surface area contributed by atoms with Crippen LogP contribution in [0.4, 0.5) is 19.0 Å². The van der Waals surface area contributed by atoms with Gasteiger partial charge in [0.25, 0.3) is 0 Å². The third-order valence-corrected chi connectivity index (χ3v) is 3.92. The zero-order valence-corrected chi connectivity index (χ0v) is 12.2. The van der Waals surface area contributed by atoms with Gasteiger partial charge in [-0.05, 0) is 24.6 Å². The van der Waals surface area contributed by atoms with Gasteiger partial charge in [-0.1, -0.05) is 12.1 Å². The van der Waals surface area contributed by atoms with Gasteiger partial charge in [-0.2, -0.15) is 13.2 Å². The van der Waals surface area contributed by atoms with Crippen LogP contribution in [0.25, 0.3) is 0 Å². The van der Waals surface area contributed by atoms with E-state index in [9.17, 15) is 13.2 Å². The van der Waals surface area contributed by atoms with Crippen molar-refractivity contribution >= 4 is 11.7 Å². The van der Waals surface area contributed by atoms with Gasteiger partial charge >= 0.3 is 6.18 Å². The summed E-state index contributed by atoms with van der Waals surface area (Å²) in [7, 11) is 0. The number of pyridine rings is 1. The molecule has 4 nitrogen and oxygen atoms in total. The summed E-state index contributed by atoms with van der Waals surface area (Å²) in [6, 6.07) is 6.58. The predicted octanol–water partition coefficient (Wildman–Crippen LogP) is 3.78. The van der Waals surface area contributed by atoms with Crippen LogP contribution in [-0.4, -0.2) is 23.9 Å². The first kappa shape index (κ1) is 14.0. The Bertz CT molecular complexity index is 830. The fraction of sp³-hybridized carbons (Fsp3) is 0.250. The summed E-state index contributed by atoms with van der Waals surface area (Å²) in [6.07, 6.45) is -3.63. The Morgan fingerprint density at radius 1 is 1.26 bits per heavy atom. The van der Waals surface area contributed by atoms with Crippen LogP contribution in [0.15, 0.2) is 35.5 Å². The van der Waals surface area contributed by atoms with Crippen molar-refractivity contribution in [2.45, 2.75) is 13.1 Å². The Balaban J connectivity index is 1.95. The monoisotopic (exact) mass is 319 g/mol. The lowest BCUT2D eigenvalue weighted by atomic mass is 10.1. The van der Waals surface area contributed by atoms with E-state index in [0.29, 0.717) is 30.5 Å². The van der Waals surface area contributed by atoms with Crippen LogP contribution >= 0.6 is 0 Å². The topological polar surface area (TPSA) is 37.7 Å². The molecule has 7 heteroatoms. The summed E-state index contributed by atoms with van der Waals surface area (Å²) in [5.74, 6) is 1.68. The van der Waals surface area contributed by atoms with Crippen molar-refractivity contribution in [2.75, 3.05) is 18.0 Å². The molecular weight excluding hydrogens is 307 g/mol. The molecule has 2 aliphatic heterocycles. The molecular formula is C16H12F3N3O. The van der Waals surface area contributed by atoms with E-state index in [0.717, 1.165) is 23.4 Å². The van der Waals surface area contributed by atoms with Crippen LogP contribution in [0.1, 0.15) is 16.7 Å². The molecule has 23 heavy (non-hydrogen) atoms. The number of halogens is 3. The second kappa shape index (κ2) is 4.71. The maximum Gasteiger partial charge on any atom is 0.418 e. The highest BCUT2D eigenvalue weighted by atomic mass is 19.4. The van der Waals surface area contributed by atoms with Crippen molar-refractivity contribution in [3.05, 3.63) is 47.2 Å². The van der Waals surface area contributed by atoms with Gasteiger partial charge < -0.3 is 9.64 Å². The average Bonchev–Trinajstić information content (AvgIpc) is 2.93. The smallest absolute Gasteiger partial charge is 0.418 e. The molecule has 3 heterocycles. The number of aromatic nitrogens is 1. The standard InChI is InChI=1S/C16H12F3N3O/c1-9-3-2-4-11-13(9)23-12-7-10(16(17,18)19)8-21-15(12)22-6-5-20-14(11)22/h2-4,7-8H,5-6H2,1H3. The molecule has 0 atom stereocenters. The summed E-state index contributed by atoms with van der Waals surface area (Å²) >= 11 is 0. The van der Waals surface area contributed by atoms with Crippen molar-refractivity contribution in [1.29, 1.82) is 0 Å². The Morgan fingerprint density at radius 3 is 2.87 bits per heavy atom. The first-order valence-electron chi connectivity index (χ1n) is 7.12. The minimum absolute atomic E-state index is 0.0995. The van der Waals surface area contributed by atoms with Crippen LogP contribution in [0.5, 0.6) is 11.5 Å². The molecule has 118 valence electrons. The predicted molar refractivity (Wildman–Crippen MR) is 79.2 cm³/mol. The van der Waals surface area contributed by atoms with Gasteiger partial charge in [0.1, 0.15) is 11.6 Å². The number of rotatable bonds is 0. The lowest BCUT2D eigenvalue weighted by Crippen LogP contribution is -2.28. The van der Waals surface area contributed by atoms with Crippen LogP contribution in [0, 0.1) is 6.92 Å². The molecule has 0 unspecified atom stereocenters. The number of anilines is 1. The third-order valence-electron chi connectivity index (χ3n) is 3.92. The molecule has 0 spiro atoms. The Morgan fingerprint density at radius 2 is 2.09 bits per heavy atom. The van der Waals surface area contributed by atoms with E-state index >= 15 is 0 Å². The Kier molecular flexibility index (Phi) is 2.88. The van der Waals surface area contributed by atoms with Crippen molar-refractivity contribution in [1.82, 2.24) is 4.98 Å². The Labute approximate surface area is 130 Å². The van der Waals surface area contributed by atoms with Gasteiger partial charge in [-0.15, -0.1) is 0 Å². The normalized spacial score (nSPS) is 16.0. The molecule has 0 radical (unpaired) electrons. The number of benzene rings is 1. The second-order valence-corrected chi connectivity index (χ2v) is 5.45. The van der Waals surface area contributed by atoms with E-state index in [2.05, 4.69) is 9.98 Å².